The van der Waals surface area contributed by atoms with E-state index < -0.39 is 11.2 Å². The second kappa shape index (κ2) is 6.90. The highest BCUT2D eigenvalue weighted by Crippen LogP contribution is 2.41. The third-order valence-corrected chi connectivity index (χ3v) is 6.50. The number of carbonyl (C=O) groups excluding carboxylic acids is 1. The molecule has 0 saturated carbocycles. The van der Waals surface area contributed by atoms with E-state index in [-0.39, 0.29) is 12.3 Å². The van der Waals surface area contributed by atoms with Crippen LogP contribution >= 0.6 is 34.7 Å². The number of carboxylic acids is 1. The van der Waals surface area contributed by atoms with E-state index in [1.807, 2.05) is 36.4 Å². The predicted molar refractivity (Wildman–Crippen MR) is 104 cm³/mol. The molecule has 0 saturated heterocycles. The van der Waals surface area contributed by atoms with Crippen LogP contribution in [-0.2, 0) is 16.1 Å². The average Bonchev–Trinajstić information content (AvgIpc) is 2.99. The number of thioether (sulfide) groups is 1. The van der Waals surface area contributed by atoms with Crippen molar-refractivity contribution in [2.24, 2.45) is 0 Å². The van der Waals surface area contributed by atoms with Crippen LogP contribution in [0, 0.1) is 0 Å². The summed E-state index contributed by atoms with van der Waals surface area (Å²) in [7, 11) is 0. The summed E-state index contributed by atoms with van der Waals surface area (Å²) < 4.78 is 0.960. The maximum Gasteiger partial charge on any atom is 0.305 e. The summed E-state index contributed by atoms with van der Waals surface area (Å²) in [5.41, 5.74) is 1.63. The first-order valence-corrected chi connectivity index (χ1v) is 9.92. The normalized spacial score (nSPS) is 16.7. The molecule has 2 heterocycles. The Bertz CT molecular complexity index is 1020. The van der Waals surface area contributed by atoms with Crippen molar-refractivity contribution in [3.8, 4) is 0 Å². The number of nitrogens with zero attached hydrogens (tertiary/aromatic N) is 2. The van der Waals surface area contributed by atoms with Crippen molar-refractivity contribution in [2.45, 2.75) is 23.1 Å². The van der Waals surface area contributed by atoms with Crippen LogP contribution in [0.2, 0.25) is 5.02 Å². The topological polar surface area (TPSA) is 70.5 Å². The molecule has 8 heteroatoms. The van der Waals surface area contributed by atoms with Crippen LogP contribution in [0.3, 0.4) is 0 Å². The van der Waals surface area contributed by atoms with Gasteiger partial charge in [0.2, 0.25) is 5.91 Å². The van der Waals surface area contributed by atoms with Crippen LogP contribution in [0.5, 0.6) is 0 Å². The summed E-state index contributed by atoms with van der Waals surface area (Å²) >= 11 is 8.83. The summed E-state index contributed by atoms with van der Waals surface area (Å²) in [6, 6.07) is 13.0. The Labute approximate surface area is 162 Å². The number of benzene rings is 2. The van der Waals surface area contributed by atoms with E-state index >= 15 is 0 Å². The second-order valence-corrected chi connectivity index (χ2v) is 8.61. The first kappa shape index (κ1) is 17.3. The highest BCUT2D eigenvalue weighted by atomic mass is 35.5. The number of para-hydroxylation sites is 1. The summed E-state index contributed by atoms with van der Waals surface area (Å²) in [6.45, 7) is 0.309. The fourth-order valence-electron chi connectivity index (χ4n) is 2.88. The van der Waals surface area contributed by atoms with Crippen LogP contribution in [0.15, 0.2) is 47.4 Å². The van der Waals surface area contributed by atoms with E-state index in [2.05, 4.69) is 4.98 Å². The minimum atomic E-state index is -0.982. The SMILES string of the molecule is O=C(O)CC1Sc2ccccc2N(Cc2nc3ccc(Cl)cc3s2)C1=O. The van der Waals surface area contributed by atoms with Crippen molar-refractivity contribution in [1.82, 2.24) is 4.98 Å². The van der Waals surface area contributed by atoms with E-state index in [1.54, 1.807) is 11.0 Å². The molecule has 2 aromatic carbocycles. The van der Waals surface area contributed by atoms with Crippen molar-refractivity contribution < 1.29 is 14.7 Å². The number of hydrogen-bond acceptors (Lipinski definition) is 5. The Morgan fingerprint density at radius 1 is 1.27 bits per heavy atom. The number of hydrogen-bond donors (Lipinski definition) is 1. The number of halogens is 1. The predicted octanol–water partition coefficient (Wildman–Crippen LogP) is 4.43. The van der Waals surface area contributed by atoms with Gasteiger partial charge >= 0.3 is 5.97 Å². The van der Waals surface area contributed by atoms with Gasteiger partial charge in [-0.25, -0.2) is 4.98 Å². The van der Waals surface area contributed by atoms with Gasteiger partial charge in [0.15, 0.2) is 0 Å². The molecule has 26 heavy (non-hydrogen) atoms. The summed E-state index contributed by atoms with van der Waals surface area (Å²) in [4.78, 5) is 31.2. The van der Waals surface area contributed by atoms with Gasteiger partial charge in [-0.05, 0) is 30.3 Å². The third kappa shape index (κ3) is 3.30. The van der Waals surface area contributed by atoms with Crippen molar-refractivity contribution in [1.29, 1.82) is 0 Å². The molecule has 0 aliphatic carbocycles. The van der Waals surface area contributed by atoms with E-state index in [0.29, 0.717) is 11.6 Å². The smallest absolute Gasteiger partial charge is 0.305 e. The van der Waals surface area contributed by atoms with E-state index in [1.165, 1.54) is 23.1 Å². The van der Waals surface area contributed by atoms with Gasteiger partial charge in [0.05, 0.1) is 34.1 Å². The van der Waals surface area contributed by atoms with E-state index in [0.717, 1.165) is 25.8 Å². The van der Waals surface area contributed by atoms with E-state index in [4.69, 9.17) is 16.7 Å². The lowest BCUT2D eigenvalue weighted by Crippen LogP contribution is -2.41. The average molecular weight is 405 g/mol. The quantitative estimate of drug-likeness (QED) is 0.696. The van der Waals surface area contributed by atoms with Gasteiger partial charge in [0.25, 0.3) is 0 Å². The number of rotatable bonds is 4. The number of amides is 1. The molecule has 1 amide bonds. The van der Waals surface area contributed by atoms with Crippen molar-refractivity contribution in [3.05, 3.63) is 52.5 Å². The zero-order valence-corrected chi connectivity index (χ0v) is 15.8. The highest BCUT2D eigenvalue weighted by molar-refractivity contribution is 8.01. The standard InChI is InChI=1S/C18H13ClN2O3S2/c19-10-5-6-11-14(7-10)26-16(20-11)9-21-12-3-1-2-4-13(12)25-15(18(21)24)8-17(22)23/h1-7,15H,8-9H2,(H,22,23). The highest BCUT2D eigenvalue weighted by Gasteiger charge is 2.35. The summed E-state index contributed by atoms with van der Waals surface area (Å²) in [5.74, 6) is -1.18. The Hall–Kier alpha value is -2.09. The van der Waals surface area contributed by atoms with Crippen molar-refractivity contribution in [3.63, 3.8) is 0 Å². The van der Waals surface area contributed by atoms with Crippen molar-refractivity contribution >= 4 is 62.5 Å². The fraction of sp³-hybridized carbons (Fsp3) is 0.167. The molecule has 5 nitrogen and oxygen atoms in total. The van der Waals surface area contributed by atoms with Crippen LogP contribution in [0.25, 0.3) is 10.2 Å². The maximum atomic E-state index is 12.9. The van der Waals surface area contributed by atoms with Crippen LogP contribution in [-0.4, -0.2) is 27.2 Å². The molecule has 0 radical (unpaired) electrons. The van der Waals surface area contributed by atoms with Crippen LogP contribution in [0.4, 0.5) is 5.69 Å². The van der Waals surface area contributed by atoms with Crippen molar-refractivity contribution in [2.75, 3.05) is 4.90 Å². The van der Waals surface area contributed by atoms with Gasteiger partial charge in [-0.3, -0.25) is 9.59 Å². The first-order chi connectivity index (χ1) is 12.5. The van der Waals surface area contributed by atoms with Gasteiger partial charge in [-0.2, -0.15) is 0 Å². The Morgan fingerprint density at radius 3 is 2.88 bits per heavy atom. The zero-order chi connectivity index (χ0) is 18.3. The van der Waals surface area contributed by atoms with Gasteiger partial charge in [0, 0.05) is 9.92 Å². The molecule has 0 spiro atoms. The Kier molecular flexibility index (Phi) is 4.60. The number of carbonyl (C=O) groups is 2. The van der Waals surface area contributed by atoms with Crippen LogP contribution in [0.1, 0.15) is 11.4 Å². The molecule has 1 N–H and O–H groups in total. The summed E-state index contributed by atoms with van der Waals surface area (Å²) in [6.07, 6.45) is -0.205. The lowest BCUT2D eigenvalue weighted by atomic mass is 10.2. The Morgan fingerprint density at radius 2 is 2.08 bits per heavy atom. The fourth-order valence-corrected chi connectivity index (χ4v) is 5.32. The third-order valence-electron chi connectivity index (χ3n) is 4.01. The molecule has 1 unspecified atom stereocenters. The largest absolute Gasteiger partial charge is 0.481 e. The van der Waals surface area contributed by atoms with E-state index in [9.17, 15) is 9.59 Å². The molecule has 1 atom stereocenters. The van der Waals surface area contributed by atoms with Crippen LogP contribution < -0.4 is 4.90 Å². The molecule has 0 fully saturated rings. The lowest BCUT2D eigenvalue weighted by molar-refractivity contribution is -0.138. The van der Waals surface area contributed by atoms with Gasteiger partial charge < -0.3 is 10.0 Å². The summed E-state index contributed by atoms with van der Waals surface area (Å²) in [5, 5.41) is 9.92. The molecule has 3 aromatic rings. The monoisotopic (exact) mass is 404 g/mol. The number of aromatic nitrogens is 1. The van der Waals surface area contributed by atoms with Gasteiger partial charge in [-0.15, -0.1) is 23.1 Å². The number of fused-ring (bicyclic) bond motifs is 2. The Balaban J connectivity index is 1.70. The van der Waals surface area contributed by atoms with Gasteiger partial charge in [0.1, 0.15) is 5.01 Å². The molecule has 1 aliphatic heterocycles. The molecule has 1 aliphatic rings. The minimum absolute atomic E-state index is 0.201. The second-order valence-electron chi connectivity index (χ2n) is 5.82. The van der Waals surface area contributed by atoms with Gasteiger partial charge in [-0.1, -0.05) is 23.7 Å². The molecule has 1 aromatic heterocycles. The number of carboxylic acid groups (broad SMARTS) is 1. The maximum absolute atomic E-state index is 12.9. The number of thiazole rings is 1. The molecular weight excluding hydrogens is 392 g/mol. The molecular formula is C18H13ClN2O3S2. The number of anilines is 1. The lowest BCUT2D eigenvalue weighted by Gasteiger charge is -2.32. The minimum Gasteiger partial charge on any atom is -0.481 e. The zero-order valence-electron chi connectivity index (χ0n) is 13.4. The first-order valence-electron chi connectivity index (χ1n) is 7.85. The number of aliphatic carboxylic acids is 1. The molecule has 132 valence electrons. The molecule has 4 rings (SSSR count). The molecule has 0 bridgehead atoms.